The highest BCUT2D eigenvalue weighted by Crippen LogP contribution is 2.37. The molecule has 0 spiro atoms. The zero-order valence-electron chi connectivity index (χ0n) is 18.1. The second-order valence-electron chi connectivity index (χ2n) is 8.53. The van der Waals surface area contributed by atoms with Crippen molar-refractivity contribution < 1.29 is 4.79 Å². The van der Waals surface area contributed by atoms with Crippen LogP contribution < -0.4 is 4.90 Å². The van der Waals surface area contributed by atoms with Gasteiger partial charge in [-0.05, 0) is 56.7 Å². The van der Waals surface area contributed by atoms with Gasteiger partial charge in [0.05, 0.1) is 10.4 Å². The molecule has 2 aromatic rings. The lowest BCUT2D eigenvalue weighted by molar-refractivity contribution is -0.123. The van der Waals surface area contributed by atoms with Crippen molar-refractivity contribution in [2.75, 3.05) is 18.0 Å². The van der Waals surface area contributed by atoms with Crippen molar-refractivity contribution in [2.45, 2.75) is 53.0 Å². The predicted octanol–water partition coefficient (Wildman–Crippen LogP) is 5.78. The number of thiocarbonyl (C=S) groups is 1. The van der Waals surface area contributed by atoms with Crippen LogP contribution in [0, 0.1) is 12.8 Å². The zero-order valence-corrected chi connectivity index (χ0v) is 19.8. The third-order valence-electron chi connectivity index (χ3n) is 6.28. The number of para-hydroxylation sites is 1. The number of hydrogen-bond donors (Lipinski definition) is 0. The summed E-state index contributed by atoms with van der Waals surface area (Å²) in [5, 5.41) is 1.10. The molecule has 3 heterocycles. The number of nitrogens with zero attached hydrogens (tertiary/aromatic N) is 3. The first-order chi connectivity index (χ1) is 14.4. The van der Waals surface area contributed by atoms with Crippen LogP contribution in [-0.2, 0) is 4.79 Å². The Hall–Kier alpha value is -1.92. The zero-order chi connectivity index (χ0) is 21.4. The summed E-state index contributed by atoms with van der Waals surface area (Å²) < 4.78 is 0.651. The molecule has 6 heteroatoms. The number of rotatable bonds is 4. The Balaban J connectivity index is 1.79. The maximum absolute atomic E-state index is 13.1. The predicted molar refractivity (Wildman–Crippen MR) is 132 cm³/mol. The van der Waals surface area contributed by atoms with Crippen molar-refractivity contribution in [3.63, 3.8) is 0 Å². The number of amides is 1. The molecule has 1 aromatic heterocycles. The molecule has 0 saturated carbocycles. The van der Waals surface area contributed by atoms with Crippen LogP contribution in [0.5, 0.6) is 0 Å². The minimum absolute atomic E-state index is 0.0157. The number of aromatic nitrogens is 1. The average molecular weight is 440 g/mol. The maximum Gasteiger partial charge on any atom is 0.266 e. The summed E-state index contributed by atoms with van der Waals surface area (Å²) in [6, 6.07) is 8.56. The highest BCUT2D eigenvalue weighted by Gasteiger charge is 2.35. The van der Waals surface area contributed by atoms with Crippen LogP contribution in [0.1, 0.15) is 51.2 Å². The van der Waals surface area contributed by atoms with Crippen LogP contribution in [0.25, 0.3) is 17.0 Å². The number of pyridine rings is 1. The molecule has 158 valence electrons. The van der Waals surface area contributed by atoms with Gasteiger partial charge in [0.15, 0.2) is 0 Å². The summed E-state index contributed by atoms with van der Waals surface area (Å²) in [7, 11) is 0. The first kappa shape index (κ1) is 21.3. The van der Waals surface area contributed by atoms with E-state index in [2.05, 4.69) is 49.9 Å². The van der Waals surface area contributed by atoms with E-state index in [4.69, 9.17) is 17.2 Å². The van der Waals surface area contributed by atoms with Gasteiger partial charge < -0.3 is 4.90 Å². The summed E-state index contributed by atoms with van der Waals surface area (Å²) in [6.45, 7) is 10.6. The number of benzene rings is 1. The second-order valence-corrected chi connectivity index (χ2v) is 10.2. The number of carbonyl (C=O) groups excluding carboxylic acids is 1. The molecule has 1 unspecified atom stereocenters. The normalized spacial score (nSPS) is 20.6. The third-order valence-corrected chi connectivity index (χ3v) is 7.61. The van der Waals surface area contributed by atoms with Crippen LogP contribution in [-0.4, -0.2) is 39.2 Å². The average Bonchev–Trinajstić information content (AvgIpc) is 3.01. The van der Waals surface area contributed by atoms with E-state index in [0.29, 0.717) is 9.23 Å². The van der Waals surface area contributed by atoms with Gasteiger partial charge in [-0.15, -0.1) is 0 Å². The number of anilines is 1. The largest absolute Gasteiger partial charge is 0.356 e. The Morgan fingerprint density at radius 3 is 2.77 bits per heavy atom. The van der Waals surface area contributed by atoms with Crippen LogP contribution >= 0.6 is 24.0 Å². The summed E-state index contributed by atoms with van der Waals surface area (Å²) in [5.74, 6) is 1.75. The van der Waals surface area contributed by atoms with Gasteiger partial charge in [0.25, 0.3) is 5.91 Å². The maximum atomic E-state index is 13.1. The van der Waals surface area contributed by atoms with Gasteiger partial charge in [-0.1, -0.05) is 56.0 Å². The fraction of sp³-hybridized carbons (Fsp3) is 0.458. The highest BCUT2D eigenvalue weighted by molar-refractivity contribution is 8.26. The number of carbonyl (C=O) groups is 1. The van der Waals surface area contributed by atoms with Gasteiger partial charge in [0.1, 0.15) is 10.1 Å². The summed E-state index contributed by atoms with van der Waals surface area (Å²) in [5.41, 5.74) is 3.22. The van der Waals surface area contributed by atoms with E-state index >= 15 is 0 Å². The van der Waals surface area contributed by atoms with Crippen molar-refractivity contribution in [1.82, 2.24) is 9.88 Å². The molecule has 0 N–H and O–H groups in total. The van der Waals surface area contributed by atoms with Crippen LogP contribution in [0.3, 0.4) is 0 Å². The molecule has 2 fully saturated rings. The molecule has 1 atom stereocenters. The first-order valence-electron chi connectivity index (χ1n) is 10.8. The van der Waals surface area contributed by atoms with E-state index in [9.17, 15) is 4.79 Å². The number of aryl methyl sites for hydroxylation is 1. The van der Waals surface area contributed by atoms with Crippen LogP contribution in [0.15, 0.2) is 29.2 Å². The lowest BCUT2D eigenvalue weighted by atomic mass is 9.98. The van der Waals surface area contributed by atoms with Crippen molar-refractivity contribution in [3.8, 4) is 0 Å². The summed E-state index contributed by atoms with van der Waals surface area (Å²) in [6.07, 6.45) is 5.23. The Morgan fingerprint density at radius 2 is 2.07 bits per heavy atom. The number of fused-ring (bicyclic) bond motifs is 1. The Kier molecular flexibility index (Phi) is 6.16. The number of thioether (sulfide) groups is 1. The monoisotopic (exact) mass is 439 g/mol. The van der Waals surface area contributed by atoms with E-state index in [0.717, 1.165) is 47.7 Å². The minimum atomic E-state index is 0.0157. The molecule has 0 aliphatic carbocycles. The van der Waals surface area contributed by atoms with E-state index in [1.54, 1.807) is 4.90 Å². The fourth-order valence-corrected chi connectivity index (χ4v) is 5.57. The Labute approximate surface area is 188 Å². The molecule has 2 aliphatic rings. The smallest absolute Gasteiger partial charge is 0.266 e. The number of piperidine rings is 1. The molecule has 1 amide bonds. The van der Waals surface area contributed by atoms with Crippen molar-refractivity contribution in [1.29, 1.82) is 0 Å². The van der Waals surface area contributed by atoms with Gasteiger partial charge in [0.2, 0.25) is 0 Å². The quantitative estimate of drug-likeness (QED) is 0.446. The number of hydrogen-bond acceptors (Lipinski definition) is 5. The first-order valence-corrected chi connectivity index (χ1v) is 12.0. The van der Waals surface area contributed by atoms with Crippen LogP contribution in [0.2, 0.25) is 0 Å². The van der Waals surface area contributed by atoms with E-state index in [1.165, 1.54) is 30.2 Å². The van der Waals surface area contributed by atoms with Crippen molar-refractivity contribution >= 4 is 57.0 Å². The fourth-order valence-electron chi connectivity index (χ4n) is 4.12. The molecule has 4 rings (SSSR count). The lowest BCUT2D eigenvalue weighted by Crippen LogP contribution is -2.36. The van der Waals surface area contributed by atoms with Gasteiger partial charge in [-0.3, -0.25) is 9.69 Å². The molecule has 0 radical (unpaired) electrons. The van der Waals surface area contributed by atoms with Gasteiger partial charge in [-0.2, -0.15) is 0 Å². The van der Waals surface area contributed by atoms with E-state index < -0.39 is 0 Å². The second kappa shape index (κ2) is 8.67. The topological polar surface area (TPSA) is 36.4 Å². The van der Waals surface area contributed by atoms with E-state index in [1.807, 2.05) is 13.0 Å². The lowest BCUT2D eigenvalue weighted by Gasteiger charge is -2.32. The SMILES string of the molecule is CCC(C)N1C(=O)/C(=C/c2cc3cccc(C)c3nc2N2CCC(C)CC2)SC1=S. The minimum Gasteiger partial charge on any atom is -0.356 e. The van der Waals surface area contributed by atoms with Gasteiger partial charge >= 0.3 is 0 Å². The molecule has 30 heavy (non-hydrogen) atoms. The molecule has 1 aromatic carbocycles. The van der Waals surface area contributed by atoms with Crippen LogP contribution in [0.4, 0.5) is 5.82 Å². The molecule has 2 saturated heterocycles. The standard InChI is InChI=1S/C24H29N3OS2/c1-5-17(4)27-23(28)20(30-24(27)29)14-19-13-18-8-6-7-16(3)21(18)25-22(19)26-11-9-15(2)10-12-26/h6-8,13-15,17H,5,9-12H2,1-4H3/b20-14-. The molecular weight excluding hydrogens is 410 g/mol. The van der Waals surface area contributed by atoms with Crippen molar-refractivity contribution in [2.24, 2.45) is 5.92 Å². The molecular formula is C24H29N3OS2. The third kappa shape index (κ3) is 4.00. The van der Waals surface area contributed by atoms with E-state index in [-0.39, 0.29) is 11.9 Å². The van der Waals surface area contributed by atoms with Gasteiger partial charge in [0, 0.05) is 30.1 Å². The molecule has 2 aliphatic heterocycles. The Morgan fingerprint density at radius 1 is 1.33 bits per heavy atom. The Bertz CT molecular complexity index is 1020. The van der Waals surface area contributed by atoms with Crippen molar-refractivity contribution in [3.05, 3.63) is 40.3 Å². The summed E-state index contributed by atoms with van der Waals surface area (Å²) in [4.78, 5) is 23.0. The van der Waals surface area contributed by atoms with Gasteiger partial charge in [-0.25, -0.2) is 4.98 Å². The summed E-state index contributed by atoms with van der Waals surface area (Å²) >= 11 is 6.93. The molecule has 0 bridgehead atoms. The molecule has 4 nitrogen and oxygen atoms in total. The highest BCUT2D eigenvalue weighted by atomic mass is 32.2.